The summed E-state index contributed by atoms with van der Waals surface area (Å²) in [6.45, 7) is 8.91. The fraction of sp³-hybridized carbons (Fsp3) is 0.600. The Kier molecular flexibility index (Phi) is 6.48. The third-order valence-electron chi connectivity index (χ3n) is 3.16. The van der Waals surface area contributed by atoms with Crippen molar-refractivity contribution < 1.29 is 0 Å². The summed E-state index contributed by atoms with van der Waals surface area (Å²) in [5.74, 6) is 0.759. The standard InChI is InChI=1S/C15H23Cl2N/c1-10(2)5-6-11(3)18-12(4)13-7-8-14(16)15(17)9-13/h7-12,18H,5-6H2,1-4H3. The van der Waals surface area contributed by atoms with Crippen LogP contribution >= 0.6 is 23.2 Å². The highest BCUT2D eigenvalue weighted by Crippen LogP contribution is 2.25. The summed E-state index contributed by atoms with van der Waals surface area (Å²) in [5, 5.41) is 4.83. The van der Waals surface area contributed by atoms with E-state index in [1.807, 2.05) is 18.2 Å². The predicted molar refractivity (Wildman–Crippen MR) is 81.5 cm³/mol. The van der Waals surface area contributed by atoms with E-state index in [0.717, 1.165) is 5.92 Å². The fourth-order valence-electron chi connectivity index (χ4n) is 1.97. The molecule has 0 fully saturated rings. The molecule has 0 amide bonds. The summed E-state index contributed by atoms with van der Waals surface area (Å²) in [6.07, 6.45) is 2.45. The minimum absolute atomic E-state index is 0.293. The molecule has 2 unspecified atom stereocenters. The third-order valence-corrected chi connectivity index (χ3v) is 3.89. The maximum Gasteiger partial charge on any atom is 0.0595 e. The van der Waals surface area contributed by atoms with Gasteiger partial charge in [0.15, 0.2) is 0 Å². The Morgan fingerprint density at radius 1 is 1.00 bits per heavy atom. The van der Waals surface area contributed by atoms with Gasteiger partial charge in [-0.25, -0.2) is 0 Å². The van der Waals surface area contributed by atoms with E-state index >= 15 is 0 Å². The van der Waals surface area contributed by atoms with Crippen molar-refractivity contribution >= 4 is 23.2 Å². The molecule has 0 aliphatic heterocycles. The number of hydrogen-bond donors (Lipinski definition) is 1. The highest BCUT2D eigenvalue weighted by molar-refractivity contribution is 6.42. The molecule has 0 aliphatic carbocycles. The Balaban J connectivity index is 2.53. The number of hydrogen-bond acceptors (Lipinski definition) is 1. The third kappa shape index (κ3) is 5.17. The van der Waals surface area contributed by atoms with Gasteiger partial charge in [-0.2, -0.15) is 0 Å². The molecular weight excluding hydrogens is 265 g/mol. The van der Waals surface area contributed by atoms with Crippen molar-refractivity contribution in [3.63, 3.8) is 0 Å². The lowest BCUT2D eigenvalue weighted by Gasteiger charge is -2.21. The van der Waals surface area contributed by atoms with Crippen LogP contribution in [0.15, 0.2) is 18.2 Å². The highest BCUT2D eigenvalue weighted by atomic mass is 35.5. The van der Waals surface area contributed by atoms with Gasteiger partial charge in [0, 0.05) is 12.1 Å². The Morgan fingerprint density at radius 2 is 1.67 bits per heavy atom. The highest BCUT2D eigenvalue weighted by Gasteiger charge is 2.11. The fourth-order valence-corrected chi connectivity index (χ4v) is 2.28. The molecule has 3 heteroatoms. The Bertz CT molecular complexity index is 377. The number of halogens is 2. The van der Waals surface area contributed by atoms with Gasteiger partial charge in [0.05, 0.1) is 10.0 Å². The van der Waals surface area contributed by atoms with E-state index in [9.17, 15) is 0 Å². The minimum Gasteiger partial charge on any atom is -0.308 e. The van der Waals surface area contributed by atoms with Crippen molar-refractivity contribution in [1.29, 1.82) is 0 Å². The van der Waals surface area contributed by atoms with Gasteiger partial charge < -0.3 is 5.32 Å². The Morgan fingerprint density at radius 3 is 2.22 bits per heavy atom. The zero-order valence-electron chi connectivity index (χ0n) is 11.6. The topological polar surface area (TPSA) is 12.0 Å². The maximum absolute atomic E-state index is 6.04. The van der Waals surface area contributed by atoms with Gasteiger partial charge in [0.1, 0.15) is 0 Å². The van der Waals surface area contributed by atoms with Crippen LogP contribution in [0.25, 0.3) is 0 Å². The quantitative estimate of drug-likeness (QED) is 0.732. The number of benzene rings is 1. The monoisotopic (exact) mass is 287 g/mol. The van der Waals surface area contributed by atoms with E-state index in [1.165, 1.54) is 18.4 Å². The van der Waals surface area contributed by atoms with Crippen molar-refractivity contribution in [1.82, 2.24) is 5.32 Å². The van der Waals surface area contributed by atoms with Gasteiger partial charge in [-0.15, -0.1) is 0 Å². The molecule has 0 radical (unpaired) electrons. The van der Waals surface area contributed by atoms with E-state index in [-0.39, 0.29) is 0 Å². The second-order valence-corrected chi connectivity index (χ2v) is 6.25. The first-order chi connectivity index (χ1) is 8.40. The molecule has 0 bridgehead atoms. The van der Waals surface area contributed by atoms with Crippen molar-refractivity contribution in [2.75, 3.05) is 0 Å². The van der Waals surface area contributed by atoms with Crippen LogP contribution in [0.4, 0.5) is 0 Å². The molecule has 0 spiro atoms. The Hall–Kier alpha value is -0.240. The summed E-state index contributed by atoms with van der Waals surface area (Å²) in [4.78, 5) is 0. The first kappa shape index (κ1) is 15.8. The first-order valence-electron chi connectivity index (χ1n) is 6.61. The summed E-state index contributed by atoms with van der Waals surface area (Å²) >= 11 is 12.0. The lowest BCUT2D eigenvalue weighted by Crippen LogP contribution is -2.29. The van der Waals surface area contributed by atoms with E-state index in [2.05, 4.69) is 33.0 Å². The van der Waals surface area contributed by atoms with Crippen molar-refractivity contribution in [2.24, 2.45) is 5.92 Å². The van der Waals surface area contributed by atoms with Crippen LogP contribution < -0.4 is 5.32 Å². The van der Waals surface area contributed by atoms with Gasteiger partial charge in [0.2, 0.25) is 0 Å². The lowest BCUT2D eigenvalue weighted by molar-refractivity contribution is 0.417. The Labute approximate surface area is 121 Å². The average Bonchev–Trinajstić information content (AvgIpc) is 2.30. The van der Waals surface area contributed by atoms with Gasteiger partial charge in [-0.05, 0) is 50.3 Å². The lowest BCUT2D eigenvalue weighted by atomic mass is 10.0. The summed E-state index contributed by atoms with van der Waals surface area (Å²) < 4.78 is 0. The molecule has 2 atom stereocenters. The number of nitrogens with one attached hydrogen (secondary N) is 1. The zero-order chi connectivity index (χ0) is 13.7. The maximum atomic E-state index is 6.04. The minimum atomic E-state index is 0.293. The van der Waals surface area contributed by atoms with E-state index < -0.39 is 0 Å². The van der Waals surface area contributed by atoms with Crippen molar-refractivity contribution in [3.05, 3.63) is 33.8 Å². The largest absolute Gasteiger partial charge is 0.308 e. The molecule has 0 aliphatic rings. The zero-order valence-corrected chi connectivity index (χ0v) is 13.1. The van der Waals surface area contributed by atoms with Crippen LogP contribution in [0.2, 0.25) is 10.0 Å². The van der Waals surface area contributed by atoms with Crippen LogP contribution in [-0.2, 0) is 0 Å². The van der Waals surface area contributed by atoms with Gasteiger partial charge in [0.25, 0.3) is 0 Å². The van der Waals surface area contributed by atoms with E-state index in [1.54, 1.807) is 0 Å². The molecule has 1 N–H and O–H groups in total. The molecule has 1 aromatic carbocycles. The molecule has 0 heterocycles. The molecule has 1 rings (SSSR count). The summed E-state index contributed by atoms with van der Waals surface area (Å²) in [5.41, 5.74) is 1.18. The van der Waals surface area contributed by atoms with Crippen LogP contribution in [0.1, 0.15) is 52.1 Å². The van der Waals surface area contributed by atoms with Crippen molar-refractivity contribution in [2.45, 2.75) is 52.6 Å². The van der Waals surface area contributed by atoms with Gasteiger partial charge in [-0.1, -0.05) is 43.1 Å². The molecule has 1 nitrogen and oxygen atoms in total. The number of rotatable bonds is 6. The molecule has 18 heavy (non-hydrogen) atoms. The molecule has 0 saturated heterocycles. The molecule has 0 saturated carbocycles. The van der Waals surface area contributed by atoms with Crippen LogP contribution in [0.3, 0.4) is 0 Å². The molecule has 0 aromatic heterocycles. The van der Waals surface area contributed by atoms with Crippen LogP contribution in [0, 0.1) is 5.92 Å². The molecular formula is C15H23Cl2N. The SMILES string of the molecule is CC(C)CCC(C)NC(C)c1ccc(Cl)c(Cl)c1. The van der Waals surface area contributed by atoms with Crippen LogP contribution in [0.5, 0.6) is 0 Å². The van der Waals surface area contributed by atoms with Crippen LogP contribution in [-0.4, -0.2) is 6.04 Å². The summed E-state index contributed by atoms with van der Waals surface area (Å²) in [7, 11) is 0. The second kappa shape index (κ2) is 7.37. The normalized spacial score (nSPS) is 14.8. The first-order valence-corrected chi connectivity index (χ1v) is 7.36. The molecule has 1 aromatic rings. The molecule has 102 valence electrons. The smallest absolute Gasteiger partial charge is 0.0595 e. The average molecular weight is 288 g/mol. The van der Waals surface area contributed by atoms with Gasteiger partial charge >= 0.3 is 0 Å². The van der Waals surface area contributed by atoms with Crippen molar-refractivity contribution in [3.8, 4) is 0 Å². The summed E-state index contributed by atoms with van der Waals surface area (Å²) in [6, 6.07) is 6.63. The predicted octanol–water partition coefficient (Wildman–Crippen LogP) is 5.47. The van der Waals surface area contributed by atoms with E-state index in [0.29, 0.717) is 22.1 Å². The van der Waals surface area contributed by atoms with Gasteiger partial charge in [-0.3, -0.25) is 0 Å². The van der Waals surface area contributed by atoms with E-state index in [4.69, 9.17) is 23.2 Å². The second-order valence-electron chi connectivity index (χ2n) is 5.43.